The van der Waals surface area contributed by atoms with Crippen LogP contribution in [0.1, 0.15) is 49.9 Å². The van der Waals surface area contributed by atoms with Crippen LogP contribution in [0, 0.1) is 0 Å². The van der Waals surface area contributed by atoms with Gasteiger partial charge in [-0.15, -0.1) is 0 Å². The first kappa shape index (κ1) is 28.0. The van der Waals surface area contributed by atoms with Crippen LogP contribution in [0.3, 0.4) is 0 Å². The molecule has 2 aromatic heterocycles. The van der Waals surface area contributed by atoms with Gasteiger partial charge in [-0.05, 0) is 79.9 Å². The Morgan fingerprint density at radius 1 is 0.320 bits per heavy atom. The predicted molar refractivity (Wildman–Crippen MR) is 207 cm³/mol. The summed E-state index contributed by atoms with van der Waals surface area (Å²) in [5.74, 6) is 0. The molecule has 0 saturated heterocycles. The van der Waals surface area contributed by atoms with Gasteiger partial charge >= 0.3 is 0 Å². The first-order valence-corrected chi connectivity index (χ1v) is 17.6. The third-order valence-electron chi connectivity index (χ3n) is 11.9. The zero-order chi connectivity index (χ0) is 33.5. The zero-order valence-electron chi connectivity index (χ0n) is 28.5. The Morgan fingerprint density at radius 2 is 0.700 bits per heavy atom. The molecule has 0 bridgehead atoms. The fourth-order valence-electron chi connectivity index (χ4n) is 9.31. The minimum Gasteiger partial charge on any atom is -0.451 e. The molecule has 50 heavy (non-hydrogen) atoms. The van der Waals surface area contributed by atoms with Crippen LogP contribution in [0.25, 0.3) is 88.4 Å². The Hall–Kier alpha value is -5.86. The number of hydrogen-bond donors (Lipinski definition) is 0. The largest absolute Gasteiger partial charge is 0.451 e. The zero-order valence-corrected chi connectivity index (χ0v) is 28.5. The number of furan rings is 2. The molecule has 2 nitrogen and oxygen atoms in total. The van der Waals surface area contributed by atoms with E-state index in [0.29, 0.717) is 0 Å². The van der Waals surface area contributed by atoms with Crippen LogP contribution < -0.4 is 0 Å². The number of rotatable bonds is 2. The van der Waals surface area contributed by atoms with Crippen molar-refractivity contribution in [1.82, 2.24) is 0 Å². The van der Waals surface area contributed by atoms with Crippen molar-refractivity contribution in [2.24, 2.45) is 0 Å². The summed E-state index contributed by atoms with van der Waals surface area (Å²) in [6.45, 7) is 9.33. The number of benzene rings is 7. The maximum absolute atomic E-state index is 6.89. The second-order valence-corrected chi connectivity index (χ2v) is 15.2. The molecule has 2 heteroatoms. The molecule has 238 valence electrons. The molecule has 0 N–H and O–H groups in total. The molecule has 0 unspecified atom stereocenters. The van der Waals surface area contributed by atoms with Gasteiger partial charge in [0.15, 0.2) is 11.2 Å². The highest BCUT2D eigenvalue weighted by Crippen LogP contribution is 2.52. The third-order valence-corrected chi connectivity index (χ3v) is 11.9. The van der Waals surface area contributed by atoms with Crippen LogP contribution in [0.5, 0.6) is 0 Å². The van der Waals surface area contributed by atoms with Gasteiger partial charge in [0.25, 0.3) is 0 Å². The average Bonchev–Trinajstić information content (AvgIpc) is 3.84. The molecule has 2 heterocycles. The van der Waals surface area contributed by atoms with Crippen molar-refractivity contribution in [1.29, 1.82) is 0 Å². The highest BCUT2D eigenvalue weighted by Gasteiger charge is 2.36. The molecule has 0 saturated carbocycles. The SMILES string of the molecule is CC1(C)c2ccccc2-c2ccc(-c3cccc4c3oc3c4ccc4c5cccc(-c6ccc7c(c6)C(C)(C)c6ccccc6-7)c5oc43)cc21. The summed E-state index contributed by atoms with van der Waals surface area (Å²) < 4.78 is 13.8. The van der Waals surface area contributed by atoms with E-state index in [1.54, 1.807) is 0 Å². The van der Waals surface area contributed by atoms with Crippen LogP contribution in [0.15, 0.2) is 142 Å². The molecule has 9 aromatic rings. The molecule has 7 aromatic carbocycles. The monoisotopic (exact) mass is 642 g/mol. The number of para-hydroxylation sites is 2. The lowest BCUT2D eigenvalue weighted by atomic mass is 9.81. The average molecular weight is 643 g/mol. The van der Waals surface area contributed by atoms with E-state index >= 15 is 0 Å². The standard InChI is InChI=1S/C48H34O2/c1-47(2)39-17-7-5-11-31(39)33-21-19-27(25-41(33)47)29-13-9-15-35-37-23-24-38-36-16-10-14-30(44(36)50-46(38)45(37)49-43(29)35)28-20-22-34-32-12-6-8-18-40(32)48(3,4)42(34)26-28/h5-26H,1-4H3. The molecule has 0 spiro atoms. The molecule has 0 atom stereocenters. The summed E-state index contributed by atoms with van der Waals surface area (Å²) in [7, 11) is 0. The van der Waals surface area contributed by atoms with Crippen LogP contribution in [0.4, 0.5) is 0 Å². The van der Waals surface area contributed by atoms with Crippen molar-refractivity contribution in [2.45, 2.75) is 38.5 Å². The van der Waals surface area contributed by atoms with Crippen molar-refractivity contribution in [3.63, 3.8) is 0 Å². The Kier molecular flexibility index (Phi) is 5.28. The summed E-state index contributed by atoms with van der Waals surface area (Å²) in [6.07, 6.45) is 0. The van der Waals surface area contributed by atoms with Crippen molar-refractivity contribution < 1.29 is 8.83 Å². The van der Waals surface area contributed by atoms with Gasteiger partial charge in [-0.25, -0.2) is 0 Å². The fraction of sp³-hybridized carbons (Fsp3) is 0.125. The van der Waals surface area contributed by atoms with E-state index in [2.05, 4.69) is 161 Å². The molecule has 0 amide bonds. The van der Waals surface area contributed by atoms with Gasteiger partial charge in [-0.3, -0.25) is 0 Å². The van der Waals surface area contributed by atoms with Crippen molar-refractivity contribution in [3.8, 4) is 44.5 Å². The number of hydrogen-bond acceptors (Lipinski definition) is 2. The summed E-state index contributed by atoms with van der Waals surface area (Å²) >= 11 is 0. The molecule has 2 aliphatic carbocycles. The Balaban J connectivity index is 1.08. The predicted octanol–water partition coefficient (Wildman–Crippen LogP) is 13.4. The Morgan fingerprint density at radius 3 is 1.16 bits per heavy atom. The fourth-order valence-corrected chi connectivity index (χ4v) is 9.31. The normalized spacial score (nSPS) is 15.1. The second kappa shape index (κ2) is 9.43. The van der Waals surface area contributed by atoms with Gasteiger partial charge < -0.3 is 8.83 Å². The first-order chi connectivity index (χ1) is 24.3. The molecule has 11 rings (SSSR count). The third kappa shape index (κ3) is 3.48. The lowest BCUT2D eigenvalue weighted by Crippen LogP contribution is -2.14. The van der Waals surface area contributed by atoms with Crippen LogP contribution in [-0.2, 0) is 10.8 Å². The topological polar surface area (TPSA) is 26.3 Å². The molecular formula is C48H34O2. The van der Waals surface area contributed by atoms with Crippen LogP contribution in [0.2, 0.25) is 0 Å². The highest BCUT2D eigenvalue weighted by atomic mass is 16.4. The quantitative estimate of drug-likeness (QED) is 0.188. The van der Waals surface area contributed by atoms with Crippen molar-refractivity contribution in [3.05, 3.63) is 156 Å². The summed E-state index contributed by atoms with van der Waals surface area (Å²) in [4.78, 5) is 0. The van der Waals surface area contributed by atoms with Gasteiger partial charge in [-0.1, -0.05) is 137 Å². The van der Waals surface area contributed by atoms with E-state index in [-0.39, 0.29) is 10.8 Å². The van der Waals surface area contributed by atoms with Gasteiger partial charge in [0.2, 0.25) is 0 Å². The first-order valence-electron chi connectivity index (χ1n) is 17.6. The van der Waals surface area contributed by atoms with Gasteiger partial charge in [0, 0.05) is 43.5 Å². The maximum Gasteiger partial charge on any atom is 0.178 e. The van der Waals surface area contributed by atoms with Crippen LogP contribution >= 0.6 is 0 Å². The van der Waals surface area contributed by atoms with E-state index in [0.717, 1.165) is 55.0 Å². The van der Waals surface area contributed by atoms with Crippen molar-refractivity contribution in [2.75, 3.05) is 0 Å². The Labute approximate surface area is 290 Å². The van der Waals surface area contributed by atoms with Crippen molar-refractivity contribution >= 4 is 43.9 Å². The lowest BCUT2D eigenvalue weighted by Gasteiger charge is -2.22. The number of fused-ring (bicyclic) bond motifs is 13. The van der Waals surface area contributed by atoms with Gasteiger partial charge in [-0.2, -0.15) is 0 Å². The summed E-state index contributed by atoms with van der Waals surface area (Å²) in [6, 6.07) is 48.8. The van der Waals surface area contributed by atoms with E-state index in [1.165, 1.54) is 55.6 Å². The van der Waals surface area contributed by atoms with E-state index in [4.69, 9.17) is 8.83 Å². The molecule has 0 radical (unpaired) electrons. The maximum atomic E-state index is 6.89. The second-order valence-electron chi connectivity index (χ2n) is 15.2. The van der Waals surface area contributed by atoms with Gasteiger partial charge in [0.1, 0.15) is 11.2 Å². The van der Waals surface area contributed by atoms with E-state index in [9.17, 15) is 0 Å². The van der Waals surface area contributed by atoms with E-state index < -0.39 is 0 Å². The highest BCUT2D eigenvalue weighted by molar-refractivity contribution is 6.21. The minimum absolute atomic E-state index is 0.0690. The lowest BCUT2D eigenvalue weighted by molar-refractivity contribution is 0.634. The smallest absolute Gasteiger partial charge is 0.178 e. The summed E-state index contributed by atoms with van der Waals surface area (Å²) in [5.41, 5.74) is 18.6. The van der Waals surface area contributed by atoms with Gasteiger partial charge in [0.05, 0.1) is 0 Å². The Bertz CT molecular complexity index is 2730. The molecule has 0 aliphatic heterocycles. The van der Waals surface area contributed by atoms with Crippen LogP contribution in [-0.4, -0.2) is 0 Å². The molecule has 2 aliphatic rings. The minimum atomic E-state index is -0.0690. The molecular weight excluding hydrogens is 609 g/mol. The van der Waals surface area contributed by atoms with E-state index in [1.807, 2.05) is 0 Å². The summed E-state index contributed by atoms with van der Waals surface area (Å²) in [5, 5.41) is 4.34. The molecule has 0 fully saturated rings.